The Morgan fingerprint density at radius 3 is 2.34 bits per heavy atom. The number of furan rings is 1. The normalized spacial score (nSPS) is 13.5. The molecule has 182 valence electrons. The Hall–Kier alpha value is -2.78. The van der Waals surface area contributed by atoms with E-state index in [9.17, 15) is 9.59 Å². The van der Waals surface area contributed by atoms with Gasteiger partial charge in [0.05, 0.1) is 15.7 Å². The highest BCUT2D eigenvalue weighted by atomic mass is 35.5. The lowest BCUT2D eigenvalue weighted by Gasteiger charge is -2.36. The van der Waals surface area contributed by atoms with E-state index in [0.29, 0.717) is 58.3 Å². The first-order chi connectivity index (χ1) is 16.7. The van der Waals surface area contributed by atoms with Gasteiger partial charge in [-0.3, -0.25) is 14.9 Å². The standard InChI is InChI=1S/C24H21Cl3N4O3S/c1-14(32)30-8-10-31(11-9-30)20-5-3-16(13-19(20)27)28-24(35)29-23(33)22-7-6-21(34-22)17-4-2-15(25)12-18(17)26/h2-7,12-13H,8-11H2,1H3,(H2,28,29,33,35). The van der Waals surface area contributed by atoms with Gasteiger partial charge >= 0.3 is 0 Å². The second-order valence-corrected chi connectivity index (χ2v) is 9.51. The summed E-state index contributed by atoms with van der Waals surface area (Å²) in [5.41, 5.74) is 2.12. The average molecular weight is 552 g/mol. The highest BCUT2D eigenvalue weighted by molar-refractivity contribution is 7.80. The fourth-order valence-electron chi connectivity index (χ4n) is 3.72. The summed E-state index contributed by atoms with van der Waals surface area (Å²) in [6, 6.07) is 13.6. The SMILES string of the molecule is CC(=O)N1CCN(c2ccc(NC(=S)NC(=O)c3ccc(-c4ccc(Cl)cc4Cl)o3)cc2Cl)CC1. The molecule has 1 aliphatic rings. The summed E-state index contributed by atoms with van der Waals surface area (Å²) in [5, 5.41) is 7.09. The summed E-state index contributed by atoms with van der Waals surface area (Å²) in [6.45, 7) is 4.28. The topological polar surface area (TPSA) is 77.8 Å². The van der Waals surface area contributed by atoms with Crippen molar-refractivity contribution in [2.75, 3.05) is 36.4 Å². The molecule has 7 nitrogen and oxygen atoms in total. The summed E-state index contributed by atoms with van der Waals surface area (Å²) >= 11 is 23.9. The van der Waals surface area contributed by atoms with E-state index in [2.05, 4.69) is 15.5 Å². The summed E-state index contributed by atoms with van der Waals surface area (Å²) in [6.07, 6.45) is 0. The first-order valence-corrected chi connectivity index (χ1v) is 12.2. The molecule has 35 heavy (non-hydrogen) atoms. The molecule has 1 fully saturated rings. The summed E-state index contributed by atoms with van der Waals surface area (Å²) in [4.78, 5) is 28.1. The first kappa shape index (κ1) is 25.3. The van der Waals surface area contributed by atoms with Gasteiger partial charge < -0.3 is 19.5 Å². The van der Waals surface area contributed by atoms with Crippen LogP contribution in [0.1, 0.15) is 17.5 Å². The number of carbonyl (C=O) groups is 2. The van der Waals surface area contributed by atoms with Crippen molar-refractivity contribution in [1.29, 1.82) is 0 Å². The number of hydrogen-bond donors (Lipinski definition) is 2. The van der Waals surface area contributed by atoms with E-state index >= 15 is 0 Å². The van der Waals surface area contributed by atoms with Gasteiger partial charge in [-0.25, -0.2) is 0 Å². The predicted molar refractivity (Wildman–Crippen MR) is 144 cm³/mol. The molecule has 1 aliphatic heterocycles. The molecule has 1 saturated heterocycles. The molecular formula is C24H21Cl3N4O3S. The van der Waals surface area contributed by atoms with Crippen LogP contribution < -0.4 is 15.5 Å². The number of thiocarbonyl (C=S) groups is 1. The molecule has 3 aromatic rings. The number of piperazine rings is 1. The fourth-order valence-corrected chi connectivity index (χ4v) is 4.74. The van der Waals surface area contributed by atoms with E-state index in [1.54, 1.807) is 37.3 Å². The zero-order valence-corrected chi connectivity index (χ0v) is 21.7. The van der Waals surface area contributed by atoms with Crippen molar-refractivity contribution in [1.82, 2.24) is 10.2 Å². The van der Waals surface area contributed by atoms with Gasteiger partial charge in [0, 0.05) is 49.4 Å². The second-order valence-electron chi connectivity index (χ2n) is 7.86. The average Bonchev–Trinajstić information content (AvgIpc) is 3.29. The van der Waals surface area contributed by atoms with Gasteiger partial charge in [-0.05, 0) is 60.7 Å². The minimum Gasteiger partial charge on any atom is -0.451 e. The first-order valence-electron chi connectivity index (χ1n) is 10.7. The minimum atomic E-state index is -0.509. The number of carbonyl (C=O) groups excluding carboxylic acids is 2. The lowest BCUT2D eigenvalue weighted by atomic mass is 10.2. The molecule has 0 radical (unpaired) electrons. The Bertz CT molecular complexity index is 1290. The van der Waals surface area contributed by atoms with Crippen LogP contribution in [-0.4, -0.2) is 48.0 Å². The van der Waals surface area contributed by atoms with Crippen molar-refractivity contribution in [3.63, 3.8) is 0 Å². The summed E-state index contributed by atoms with van der Waals surface area (Å²) in [5.74, 6) is 0.0748. The van der Waals surface area contributed by atoms with Gasteiger partial charge in [0.15, 0.2) is 10.9 Å². The third-order valence-corrected chi connectivity index (χ3v) is 6.58. The number of hydrogen-bond acceptors (Lipinski definition) is 5. The number of benzene rings is 2. The van der Waals surface area contributed by atoms with Gasteiger partial charge in [-0.15, -0.1) is 0 Å². The highest BCUT2D eigenvalue weighted by Crippen LogP contribution is 2.32. The minimum absolute atomic E-state index is 0.0744. The van der Waals surface area contributed by atoms with Crippen LogP contribution >= 0.6 is 47.0 Å². The molecule has 2 heterocycles. The van der Waals surface area contributed by atoms with Crippen molar-refractivity contribution in [2.24, 2.45) is 0 Å². The quantitative estimate of drug-likeness (QED) is 0.405. The second kappa shape index (κ2) is 10.9. The zero-order chi connectivity index (χ0) is 25.1. The molecule has 11 heteroatoms. The Kier molecular flexibility index (Phi) is 7.86. The highest BCUT2D eigenvalue weighted by Gasteiger charge is 2.21. The molecule has 0 saturated carbocycles. The van der Waals surface area contributed by atoms with Crippen LogP contribution in [0.4, 0.5) is 11.4 Å². The van der Waals surface area contributed by atoms with Crippen LogP contribution in [0.25, 0.3) is 11.3 Å². The van der Waals surface area contributed by atoms with E-state index in [-0.39, 0.29) is 16.8 Å². The molecule has 0 unspecified atom stereocenters. The fraction of sp³-hybridized carbons (Fsp3) is 0.208. The Labute approximate surface area is 222 Å². The van der Waals surface area contributed by atoms with E-state index in [1.165, 1.54) is 6.07 Å². The van der Waals surface area contributed by atoms with Gasteiger partial charge in [-0.2, -0.15) is 0 Å². The van der Waals surface area contributed by atoms with Crippen LogP contribution in [0.15, 0.2) is 52.9 Å². The van der Waals surface area contributed by atoms with Crippen molar-refractivity contribution in [3.05, 3.63) is 69.4 Å². The molecular weight excluding hydrogens is 531 g/mol. The number of halogens is 3. The van der Waals surface area contributed by atoms with Gasteiger partial charge in [0.1, 0.15) is 5.76 Å². The molecule has 4 rings (SSSR count). The van der Waals surface area contributed by atoms with Crippen molar-refractivity contribution >= 4 is 75.3 Å². The maximum absolute atomic E-state index is 12.6. The molecule has 2 N–H and O–H groups in total. The number of anilines is 2. The molecule has 2 aromatic carbocycles. The predicted octanol–water partition coefficient (Wildman–Crippen LogP) is 5.70. The Morgan fingerprint density at radius 2 is 1.69 bits per heavy atom. The van der Waals surface area contributed by atoms with Gasteiger partial charge in [0.2, 0.25) is 5.91 Å². The lowest BCUT2D eigenvalue weighted by molar-refractivity contribution is -0.129. The van der Waals surface area contributed by atoms with Crippen LogP contribution in [0.2, 0.25) is 15.1 Å². The monoisotopic (exact) mass is 550 g/mol. The Balaban J connectivity index is 1.35. The van der Waals surface area contributed by atoms with E-state index in [1.807, 2.05) is 17.0 Å². The van der Waals surface area contributed by atoms with Crippen molar-refractivity contribution < 1.29 is 14.0 Å². The largest absolute Gasteiger partial charge is 0.451 e. The Morgan fingerprint density at radius 1 is 0.943 bits per heavy atom. The van der Waals surface area contributed by atoms with Crippen LogP contribution in [-0.2, 0) is 4.79 Å². The van der Waals surface area contributed by atoms with Crippen LogP contribution in [0.3, 0.4) is 0 Å². The number of nitrogens with zero attached hydrogens (tertiary/aromatic N) is 2. The number of rotatable bonds is 4. The van der Waals surface area contributed by atoms with E-state index < -0.39 is 5.91 Å². The third-order valence-electron chi connectivity index (χ3n) is 5.52. The molecule has 0 atom stereocenters. The van der Waals surface area contributed by atoms with Crippen molar-refractivity contribution in [3.8, 4) is 11.3 Å². The van der Waals surface area contributed by atoms with E-state index in [0.717, 1.165) is 5.69 Å². The zero-order valence-electron chi connectivity index (χ0n) is 18.6. The van der Waals surface area contributed by atoms with E-state index in [4.69, 9.17) is 51.4 Å². The molecule has 0 spiro atoms. The third kappa shape index (κ3) is 6.08. The molecule has 1 aromatic heterocycles. The smallest absolute Gasteiger partial charge is 0.293 e. The molecule has 0 aliphatic carbocycles. The maximum atomic E-state index is 12.6. The van der Waals surface area contributed by atoms with Crippen molar-refractivity contribution in [2.45, 2.75) is 6.92 Å². The van der Waals surface area contributed by atoms with Gasteiger partial charge in [0.25, 0.3) is 5.91 Å². The maximum Gasteiger partial charge on any atom is 0.293 e. The summed E-state index contributed by atoms with van der Waals surface area (Å²) < 4.78 is 5.65. The number of amides is 2. The molecule has 0 bridgehead atoms. The van der Waals surface area contributed by atoms with Crippen LogP contribution in [0.5, 0.6) is 0 Å². The summed E-state index contributed by atoms with van der Waals surface area (Å²) in [7, 11) is 0. The lowest BCUT2D eigenvalue weighted by Crippen LogP contribution is -2.48. The van der Waals surface area contributed by atoms with Crippen LogP contribution in [0, 0.1) is 0 Å². The number of nitrogens with one attached hydrogen (secondary N) is 2. The van der Waals surface area contributed by atoms with Gasteiger partial charge in [-0.1, -0.05) is 34.8 Å². The molecule has 2 amide bonds.